The summed E-state index contributed by atoms with van der Waals surface area (Å²) in [4.78, 5) is 16.9. The van der Waals surface area contributed by atoms with Crippen molar-refractivity contribution >= 4 is 11.6 Å². The van der Waals surface area contributed by atoms with E-state index in [4.69, 9.17) is 0 Å². The summed E-state index contributed by atoms with van der Waals surface area (Å²) in [5.41, 5.74) is 5.84. The Kier molecular flexibility index (Phi) is 4.88. The molecule has 0 atom stereocenters. The number of hydrogen-bond donors (Lipinski definition) is 1. The number of rotatable bonds is 4. The molecule has 0 spiro atoms. The maximum atomic E-state index is 12.5. The molecular weight excluding hydrogens is 300 g/mol. The fraction of sp³-hybridized carbons (Fsp3) is 0.474. The number of aromatic amines is 1. The number of H-pyrrole nitrogens is 1. The third-order valence-corrected chi connectivity index (χ3v) is 4.96. The Morgan fingerprint density at radius 2 is 1.83 bits per heavy atom. The molecule has 1 N–H and O–H groups in total. The number of hydrogen-bond acceptors (Lipinski definition) is 3. The molecule has 2 heterocycles. The topological polar surface area (TPSA) is 52.2 Å². The molecule has 0 bridgehead atoms. The number of nitrogens with zero attached hydrogens (tertiary/aromatic N) is 3. The highest BCUT2D eigenvalue weighted by atomic mass is 16.2. The predicted octanol–water partition coefficient (Wildman–Crippen LogP) is 2.62. The molecule has 0 saturated carbocycles. The first-order valence-corrected chi connectivity index (χ1v) is 8.65. The molecule has 5 nitrogen and oxygen atoms in total. The van der Waals surface area contributed by atoms with Crippen molar-refractivity contribution < 1.29 is 4.79 Å². The van der Waals surface area contributed by atoms with Crippen LogP contribution in [0.25, 0.3) is 0 Å². The molecule has 0 radical (unpaired) electrons. The highest BCUT2D eigenvalue weighted by molar-refractivity contribution is 5.77. The first kappa shape index (κ1) is 16.6. The van der Waals surface area contributed by atoms with Crippen molar-refractivity contribution in [1.82, 2.24) is 15.1 Å². The number of aromatic nitrogens is 2. The van der Waals surface area contributed by atoms with Crippen LogP contribution in [0.5, 0.6) is 0 Å². The van der Waals surface area contributed by atoms with E-state index in [-0.39, 0.29) is 5.91 Å². The number of amides is 1. The van der Waals surface area contributed by atoms with Crippen LogP contribution in [0, 0.1) is 20.8 Å². The van der Waals surface area contributed by atoms with Gasteiger partial charge in [-0.15, -0.1) is 0 Å². The van der Waals surface area contributed by atoms with Crippen LogP contribution in [0.3, 0.4) is 0 Å². The fourth-order valence-electron chi connectivity index (χ4n) is 3.45. The minimum absolute atomic E-state index is 0.249. The highest BCUT2D eigenvalue weighted by Crippen LogP contribution is 2.21. The van der Waals surface area contributed by atoms with Gasteiger partial charge in [0.2, 0.25) is 5.91 Å². The van der Waals surface area contributed by atoms with E-state index in [1.165, 1.54) is 16.8 Å². The molecule has 5 heteroatoms. The van der Waals surface area contributed by atoms with Gasteiger partial charge < -0.3 is 9.80 Å². The van der Waals surface area contributed by atoms with E-state index in [9.17, 15) is 4.79 Å². The van der Waals surface area contributed by atoms with Crippen molar-refractivity contribution in [3.05, 3.63) is 46.8 Å². The van der Waals surface area contributed by atoms with E-state index < -0.39 is 0 Å². The number of benzene rings is 1. The molecule has 0 aliphatic carbocycles. The van der Waals surface area contributed by atoms with Gasteiger partial charge in [-0.25, -0.2) is 0 Å². The molecule has 3 rings (SSSR count). The predicted molar refractivity (Wildman–Crippen MR) is 96.4 cm³/mol. The first-order chi connectivity index (χ1) is 11.6. The molecule has 128 valence electrons. The van der Waals surface area contributed by atoms with E-state index in [0.717, 1.165) is 44.0 Å². The van der Waals surface area contributed by atoms with E-state index >= 15 is 0 Å². The van der Waals surface area contributed by atoms with Crippen LogP contribution in [-0.2, 0) is 11.2 Å². The summed E-state index contributed by atoms with van der Waals surface area (Å²) in [5, 5.41) is 7.19. The van der Waals surface area contributed by atoms with Crippen LogP contribution >= 0.6 is 0 Å². The average Bonchev–Trinajstić information content (AvgIpc) is 2.91. The minimum Gasteiger partial charge on any atom is -0.368 e. The van der Waals surface area contributed by atoms with Crippen molar-refractivity contribution in [1.29, 1.82) is 0 Å². The lowest BCUT2D eigenvalue weighted by Gasteiger charge is -2.37. The Labute approximate surface area is 143 Å². The van der Waals surface area contributed by atoms with Crippen molar-refractivity contribution in [3.63, 3.8) is 0 Å². The van der Waals surface area contributed by atoms with E-state index in [1.54, 1.807) is 0 Å². The third kappa shape index (κ3) is 3.45. The highest BCUT2D eigenvalue weighted by Gasteiger charge is 2.22. The molecule has 0 unspecified atom stereocenters. The maximum absolute atomic E-state index is 12.5. The molecule has 2 aromatic rings. The standard InChI is InChI=1S/C19H26N4O/c1-14-6-4-5-7-18(14)22-10-12-23(13-11-22)19(24)9-8-17-15(2)20-21-16(17)3/h4-7H,8-13H2,1-3H3,(H,20,21). The van der Waals surface area contributed by atoms with Gasteiger partial charge >= 0.3 is 0 Å². The van der Waals surface area contributed by atoms with E-state index in [1.807, 2.05) is 18.7 Å². The van der Waals surface area contributed by atoms with Crippen LogP contribution in [-0.4, -0.2) is 47.2 Å². The lowest BCUT2D eigenvalue weighted by molar-refractivity contribution is -0.131. The average molecular weight is 326 g/mol. The van der Waals surface area contributed by atoms with Crippen molar-refractivity contribution in [3.8, 4) is 0 Å². The summed E-state index contributed by atoms with van der Waals surface area (Å²) in [7, 11) is 0. The summed E-state index contributed by atoms with van der Waals surface area (Å²) in [6.45, 7) is 9.56. The summed E-state index contributed by atoms with van der Waals surface area (Å²) in [6.07, 6.45) is 1.33. The van der Waals surface area contributed by atoms with Gasteiger partial charge in [0.25, 0.3) is 0 Å². The summed E-state index contributed by atoms with van der Waals surface area (Å²) >= 11 is 0. The zero-order chi connectivity index (χ0) is 17.1. The maximum Gasteiger partial charge on any atom is 0.223 e. The molecule has 1 fully saturated rings. The second-order valence-corrected chi connectivity index (χ2v) is 6.57. The lowest BCUT2D eigenvalue weighted by Crippen LogP contribution is -2.49. The second-order valence-electron chi connectivity index (χ2n) is 6.57. The summed E-state index contributed by atoms with van der Waals surface area (Å²) in [5.74, 6) is 0.249. The molecular formula is C19H26N4O. The number of carbonyl (C=O) groups excluding carboxylic acids is 1. The van der Waals surface area contributed by atoms with Crippen LogP contribution in [0.4, 0.5) is 5.69 Å². The van der Waals surface area contributed by atoms with E-state index in [0.29, 0.717) is 6.42 Å². The quantitative estimate of drug-likeness (QED) is 0.940. The van der Waals surface area contributed by atoms with Crippen LogP contribution in [0.1, 0.15) is 28.9 Å². The monoisotopic (exact) mass is 326 g/mol. The van der Waals surface area contributed by atoms with Crippen LogP contribution in [0.15, 0.2) is 24.3 Å². The van der Waals surface area contributed by atoms with Crippen molar-refractivity contribution in [2.75, 3.05) is 31.1 Å². The third-order valence-electron chi connectivity index (χ3n) is 4.96. The van der Waals surface area contributed by atoms with Gasteiger partial charge in [0.15, 0.2) is 0 Å². The van der Waals surface area contributed by atoms with Crippen molar-refractivity contribution in [2.45, 2.75) is 33.6 Å². The van der Waals surface area contributed by atoms with Gasteiger partial charge in [-0.1, -0.05) is 18.2 Å². The smallest absolute Gasteiger partial charge is 0.223 e. The summed E-state index contributed by atoms with van der Waals surface area (Å²) in [6, 6.07) is 8.45. The minimum atomic E-state index is 0.249. The van der Waals surface area contributed by atoms with Gasteiger partial charge in [0, 0.05) is 44.0 Å². The Bertz CT molecular complexity index is 694. The Morgan fingerprint density at radius 3 is 2.46 bits per heavy atom. The molecule has 1 aliphatic rings. The number of nitrogens with one attached hydrogen (secondary N) is 1. The zero-order valence-electron chi connectivity index (χ0n) is 14.8. The first-order valence-electron chi connectivity index (χ1n) is 8.65. The number of carbonyl (C=O) groups is 1. The molecule has 1 aromatic heterocycles. The Morgan fingerprint density at radius 1 is 1.12 bits per heavy atom. The molecule has 1 aromatic carbocycles. The Hall–Kier alpha value is -2.30. The number of aryl methyl sites for hydroxylation is 3. The van der Waals surface area contributed by atoms with Crippen LogP contribution in [0.2, 0.25) is 0 Å². The summed E-state index contributed by atoms with van der Waals surface area (Å²) < 4.78 is 0. The fourth-order valence-corrected chi connectivity index (χ4v) is 3.45. The molecule has 1 saturated heterocycles. The van der Waals surface area contributed by atoms with E-state index in [2.05, 4.69) is 46.3 Å². The lowest BCUT2D eigenvalue weighted by atomic mass is 10.1. The Balaban J connectivity index is 1.53. The largest absolute Gasteiger partial charge is 0.368 e. The van der Waals surface area contributed by atoms with Gasteiger partial charge in [0.05, 0.1) is 5.69 Å². The van der Waals surface area contributed by atoms with Gasteiger partial charge in [-0.3, -0.25) is 9.89 Å². The van der Waals surface area contributed by atoms with Gasteiger partial charge in [-0.05, 0) is 44.4 Å². The number of piperazine rings is 1. The second kappa shape index (κ2) is 7.07. The van der Waals surface area contributed by atoms with Crippen molar-refractivity contribution in [2.24, 2.45) is 0 Å². The molecule has 1 amide bonds. The molecule has 1 aliphatic heterocycles. The van der Waals surface area contributed by atoms with Crippen LogP contribution < -0.4 is 4.90 Å². The normalized spacial score (nSPS) is 15.0. The van der Waals surface area contributed by atoms with Gasteiger partial charge in [0.1, 0.15) is 0 Å². The SMILES string of the molecule is Cc1ccccc1N1CCN(C(=O)CCc2c(C)n[nH]c2C)CC1. The number of para-hydroxylation sites is 1. The van der Waals surface area contributed by atoms with Gasteiger partial charge in [-0.2, -0.15) is 5.10 Å². The molecule has 24 heavy (non-hydrogen) atoms. The number of anilines is 1. The zero-order valence-corrected chi connectivity index (χ0v) is 14.8.